The Morgan fingerprint density at radius 2 is 2.16 bits per heavy atom. The van der Waals surface area contributed by atoms with Gasteiger partial charge < -0.3 is 4.90 Å². The van der Waals surface area contributed by atoms with E-state index in [4.69, 9.17) is 11.6 Å². The SMILES string of the molecule is CC1CCc2ccccc2N1c1ccnc(CCl)c1. The first-order chi connectivity index (χ1) is 9.29. The van der Waals surface area contributed by atoms with Crippen molar-refractivity contribution in [3.63, 3.8) is 0 Å². The molecule has 0 amide bonds. The van der Waals surface area contributed by atoms with Gasteiger partial charge in [0, 0.05) is 23.6 Å². The first-order valence-corrected chi connectivity index (χ1v) is 7.21. The number of benzene rings is 1. The molecule has 2 nitrogen and oxygen atoms in total. The van der Waals surface area contributed by atoms with E-state index in [2.05, 4.69) is 53.2 Å². The highest BCUT2D eigenvalue weighted by molar-refractivity contribution is 6.16. The Balaban J connectivity index is 2.07. The van der Waals surface area contributed by atoms with Crippen LogP contribution < -0.4 is 4.90 Å². The van der Waals surface area contributed by atoms with Crippen molar-refractivity contribution >= 4 is 23.0 Å². The normalized spacial score (nSPS) is 18.2. The summed E-state index contributed by atoms with van der Waals surface area (Å²) in [6.45, 7) is 2.27. The van der Waals surface area contributed by atoms with Crippen LogP contribution in [0.3, 0.4) is 0 Å². The third kappa shape index (κ3) is 2.33. The molecule has 0 saturated heterocycles. The van der Waals surface area contributed by atoms with Crippen molar-refractivity contribution < 1.29 is 0 Å². The van der Waals surface area contributed by atoms with E-state index in [1.807, 2.05) is 6.20 Å². The van der Waals surface area contributed by atoms with E-state index in [9.17, 15) is 0 Å². The Bertz CT molecular complexity index is 582. The fourth-order valence-corrected chi connectivity index (χ4v) is 2.92. The third-order valence-corrected chi connectivity index (χ3v) is 4.01. The largest absolute Gasteiger partial charge is 0.338 e. The minimum atomic E-state index is 0.456. The highest BCUT2D eigenvalue weighted by Crippen LogP contribution is 2.36. The Hall–Kier alpha value is -1.54. The van der Waals surface area contributed by atoms with E-state index in [1.165, 1.54) is 23.4 Å². The van der Waals surface area contributed by atoms with Crippen LogP contribution in [0.2, 0.25) is 0 Å². The maximum atomic E-state index is 5.89. The number of alkyl halides is 1. The molecule has 0 fully saturated rings. The number of fused-ring (bicyclic) bond motifs is 1. The second-order valence-electron chi connectivity index (χ2n) is 5.03. The summed E-state index contributed by atoms with van der Waals surface area (Å²) < 4.78 is 0. The van der Waals surface area contributed by atoms with Crippen molar-refractivity contribution in [2.24, 2.45) is 0 Å². The molecule has 2 aromatic rings. The van der Waals surface area contributed by atoms with Gasteiger partial charge in [-0.15, -0.1) is 11.6 Å². The second-order valence-corrected chi connectivity index (χ2v) is 5.29. The average Bonchev–Trinajstić information content (AvgIpc) is 2.47. The lowest BCUT2D eigenvalue weighted by atomic mass is 9.96. The van der Waals surface area contributed by atoms with Gasteiger partial charge in [0.1, 0.15) is 0 Å². The number of anilines is 2. The Morgan fingerprint density at radius 3 is 3.00 bits per heavy atom. The molecule has 98 valence electrons. The molecule has 1 aromatic carbocycles. The van der Waals surface area contributed by atoms with E-state index in [-0.39, 0.29) is 0 Å². The van der Waals surface area contributed by atoms with E-state index < -0.39 is 0 Å². The van der Waals surface area contributed by atoms with Crippen LogP contribution in [-0.2, 0) is 12.3 Å². The number of para-hydroxylation sites is 1. The van der Waals surface area contributed by atoms with Crippen molar-refractivity contribution in [3.05, 3.63) is 53.9 Å². The maximum absolute atomic E-state index is 5.89. The number of halogens is 1. The zero-order chi connectivity index (χ0) is 13.2. The summed E-state index contributed by atoms with van der Waals surface area (Å²) in [4.78, 5) is 6.67. The smallest absolute Gasteiger partial charge is 0.0648 e. The third-order valence-electron chi connectivity index (χ3n) is 3.74. The topological polar surface area (TPSA) is 16.1 Å². The van der Waals surface area contributed by atoms with Crippen LogP contribution in [0.15, 0.2) is 42.6 Å². The molecule has 3 rings (SSSR count). The predicted molar refractivity (Wildman–Crippen MR) is 80.2 cm³/mol. The quantitative estimate of drug-likeness (QED) is 0.758. The molecule has 0 bridgehead atoms. The van der Waals surface area contributed by atoms with Crippen molar-refractivity contribution in [1.82, 2.24) is 4.98 Å². The molecular formula is C16H17ClN2. The predicted octanol–water partition coefficient (Wildman–Crippen LogP) is 4.29. The fourth-order valence-electron chi connectivity index (χ4n) is 2.77. The van der Waals surface area contributed by atoms with Crippen LogP contribution in [0.5, 0.6) is 0 Å². The van der Waals surface area contributed by atoms with Crippen LogP contribution in [0, 0.1) is 0 Å². The first kappa shape index (κ1) is 12.5. The van der Waals surface area contributed by atoms with Crippen LogP contribution >= 0.6 is 11.6 Å². The number of rotatable bonds is 2. The van der Waals surface area contributed by atoms with Gasteiger partial charge >= 0.3 is 0 Å². The molecule has 2 heterocycles. The summed E-state index contributed by atoms with van der Waals surface area (Å²) in [7, 11) is 0. The van der Waals surface area contributed by atoms with Gasteiger partial charge in [-0.25, -0.2) is 0 Å². The Labute approximate surface area is 119 Å². The molecule has 1 aliphatic rings. The standard InChI is InChI=1S/C16H17ClN2/c1-12-6-7-13-4-2-3-5-16(13)19(12)15-8-9-18-14(10-15)11-17/h2-5,8-10,12H,6-7,11H2,1H3. The van der Waals surface area contributed by atoms with Gasteiger partial charge in [-0.05, 0) is 43.5 Å². The van der Waals surface area contributed by atoms with Crippen LogP contribution in [0.4, 0.5) is 11.4 Å². The molecule has 0 saturated carbocycles. The number of aryl methyl sites for hydroxylation is 1. The van der Waals surface area contributed by atoms with Gasteiger partial charge in [-0.3, -0.25) is 4.98 Å². The lowest BCUT2D eigenvalue weighted by Gasteiger charge is -2.37. The lowest BCUT2D eigenvalue weighted by Crippen LogP contribution is -2.33. The molecule has 0 radical (unpaired) electrons. The van der Waals surface area contributed by atoms with E-state index in [0.717, 1.165) is 12.1 Å². The summed E-state index contributed by atoms with van der Waals surface area (Å²) in [6.07, 6.45) is 4.17. The fraction of sp³-hybridized carbons (Fsp3) is 0.312. The van der Waals surface area contributed by atoms with Gasteiger partial charge in [-0.2, -0.15) is 0 Å². The van der Waals surface area contributed by atoms with E-state index in [1.54, 1.807) is 0 Å². The van der Waals surface area contributed by atoms with Gasteiger partial charge in [-0.1, -0.05) is 18.2 Å². The van der Waals surface area contributed by atoms with Crippen LogP contribution in [0.1, 0.15) is 24.6 Å². The average molecular weight is 273 g/mol. The van der Waals surface area contributed by atoms with Crippen molar-refractivity contribution in [1.29, 1.82) is 0 Å². The van der Waals surface area contributed by atoms with Gasteiger partial charge in [0.25, 0.3) is 0 Å². The minimum absolute atomic E-state index is 0.456. The maximum Gasteiger partial charge on any atom is 0.0648 e. The zero-order valence-electron chi connectivity index (χ0n) is 11.0. The number of pyridine rings is 1. The van der Waals surface area contributed by atoms with Crippen LogP contribution in [-0.4, -0.2) is 11.0 Å². The van der Waals surface area contributed by atoms with Gasteiger partial charge in [0.2, 0.25) is 0 Å². The molecule has 19 heavy (non-hydrogen) atoms. The van der Waals surface area contributed by atoms with Gasteiger partial charge in [0.15, 0.2) is 0 Å². The molecule has 0 spiro atoms. The molecular weight excluding hydrogens is 256 g/mol. The lowest BCUT2D eigenvalue weighted by molar-refractivity contribution is 0.618. The summed E-state index contributed by atoms with van der Waals surface area (Å²) in [6, 6.07) is 13.3. The van der Waals surface area contributed by atoms with Crippen molar-refractivity contribution in [2.45, 2.75) is 31.7 Å². The highest BCUT2D eigenvalue weighted by Gasteiger charge is 2.24. The molecule has 0 N–H and O–H groups in total. The highest BCUT2D eigenvalue weighted by atomic mass is 35.5. The van der Waals surface area contributed by atoms with E-state index in [0.29, 0.717) is 11.9 Å². The summed E-state index contributed by atoms with van der Waals surface area (Å²) in [5.74, 6) is 0.456. The molecule has 1 aliphatic heterocycles. The summed E-state index contributed by atoms with van der Waals surface area (Å²) >= 11 is 5.89. The number of nitrogens with zero attached hydrogens (tertiary/aromatic N) is 2. The number of aromatic nitrogens is 1. The molecule has 1 atom stereocenters. The summed E-state index contributed by atoms with van der Waals surface area (Å²) in [5, 5.41) is 0. The number of hydrogen-bond donors (Lipinski definition) is 0. The monoisotopic (exact) mass is 272 g/mol. The molecule has 3 heteroatoms. The van der Waals surface area contributed by atoms with E-state index >= 15 is 0 Å². The van der Waals surface area contributed by atoms with Crippen LogP contribution in [0.25, 0.3) is 0 Å². The summed E-state index contributed by atoms with van der Waals surface area (Å²) in [5.41, 5.74) is 4.84. The molecule has 1 unspecified atom stereocenters. The molecule has 1 aromatic heterocycles. The van der Waals surface area contributed by atoms with Crippen molar-refractivity contribution in [3.8, 4) is 0 Å². The Kier molecular flexibility index (Phi) is 3.43. The second kappa shape index (κ2) is 5.22. The zero-order valence-corrected chi connectivity index (χ0v) is 11.8. The Morgan fingerprint density at radius 1 is 1.32 bits per heavy atom. The molecule has 0 aliphatic carbocycles. The van der Waals surface area contributed by atoms with Gasteiger partial charge in [0.05, 0.1) is 11.6 Å². The number of hydrogen-bond acceptors (Lipinski definition) is 2. The first-order valence-electron chi connectivity index (χ1n) is 6.67. The van der Waals surface area contributed by atoms with Crippen molar-refractivity contribution in [2.75, 3.05) is 4.90 Å². The minimum Gasteiger partial charge on any atom is -0.338 e.